The Labute approximate surface area is 225 Å². The first-order chi connectivity index (χ1) is 18.5. The van der Waals surface area contributed by atoms with E-state index in [1.807, 2.05) is 24.3 Å². The molecule has 0 spiro atoms. The van der Waals surface area contributed by atoms with Crippen LogP contribution in [0.15, 0.2) is 72.8 Å². The lowest BCUT2D eigenvalue weighted by molar-refractivity contribution is 0.212. The molecule has 0 aliphatic heterocycles. The molecule has 0 aromatic heterocycles. The number of benzene rings is 3. The van der Waals surface area contributed by atoms with E-state index in [2.05, 4.69) is 25.2 Å². The summed E-state index contributed by atoms with van der Waals surface area (Å²) in [6.45, 7) is 3.91. The van der Waals surface area contributed by atoms with Gasteiger partial charge in [-0.2, -0.15) is 0 Å². The van der Waals surface area contributed by atoms with E-state index in [9.17, 15) is 8.78 Å². The Morgan fingerprint density at radius 3 is 2.05 bits per heavy atom. The van der Waals surface area contributed by atoms with Gasteiger partial charge in [-0.15, -0.1) is 0 Å². The van der Waals surface area contributed by atoms with Crippen molar-refractivity contribution in [2.45, 2.75) is 65.2 Å². The summed E-state index contributed by atoms with van der Waals surface area (Å²) in [6, 6.07) is 15.9. The van der Waals surface area contributed by atoms with Gasteiger partial charge in [-0.25, -0.2) is 13.2 Å². The molecule has 2 aliphatic rings. The SMILES string of the molecule is CC=CC1CCC(C2CC=C(c3ccc(-c4ccc(-c5ccc(CC)c(F)c5F)cc4)cc3F)CC2)CC1. The zero-order chi connectivity index (χ0) is 26.6. The lowest BCUT2D eigenvalue weighted by Gasteiger charge is -2.35. The molecule has 0 heterocycles. The van der Waals surface area contributed by atoms with Gasteiger partial charge in [-0.1, -0.05) is 73.7 Å². The fourth-order valence-electron chi connectivity index (χ4n) is 6.49. The van der Waals surface area contributed by atoms with Crippen molar-refractivity contribution in [3.63, 3.8) is 0 Å². The van der Waals surface area contributed by atoms with Crippen LogP contribution in [0.4, 0.5) is 13.2 Å². The van der Waals surface area contributed by atoms with Crippen molar-refractivity contribution < 1.29 is 13.2 Å². The van der Waals surface area contributed by atoms with Crippen molar-refractivity contribution >= 4 is 5.57 Å². The molecule has 3 aromatic carbocycles. The molecule has 0 radical (unpaired) electrons. The summed E-state index contributed by atoms with van der Waals surface area (Å²) in [5.41, 5.74) is 4.65. The third-order valence-corrected chi connectivity index (χ3v) is 8.79. The summed E-state index contributed by atoms with van der Waals surface area (Å²) < 4.78 is 44.1. The standard InChI is InChI=1S/C35H37F3/c1-3-5-23-6-8-25(9-7-23)26-10-14-28(15-11-26)31-20-19-30(22-33(31)36)27-12-16-29(17-13-27)32-21-18-24(4-2)34(37)35(32)38/h3,5,12-14,16-23,25-26H,4,6-11,15H2,1-2H3. The highest BCUT2D eigenvalue weighted by Gasteiger charge is 2.28. The fraction of sp³-hybridized carbons (Fsp3) is 0.371. The van der Waals surface area contributed by atoms with Crippen molar-refractivity contribution in [1.29, 1.82) is 0 Å². The van der Waals surface area contributed by atoms with Crippen molar-refractivity contribution in [3.8, 4) is 22.3 Å². The van der Waals surface area contributed by atoms with Gasteiger partial charge in [0.15, 0.2) is 11.6 Å². The van der Waals surface area contributed by atoms with E-state index in [1.165, 1.54) is 25.7 Å². The molecule has 38 heavy (non-hydrogen) atoms. The van der Waals surface area contributed by atoms with E-state index in [1.54, 1.807) is 37.3 Å². The number of hydrogen-bond donors (Lipinski definition) is 0. The zero-order valence-corrected chi connectivity index (χ0v) is 22.5. The summed E-state index contributed by atoms with van der Waals surface area (Å²) in [7, 11) is 0. The summed E-state index contributed by atoms with van der Waals surface area (Å²) in [6.07, 6.45) is 15.6. The maximum Gasteiger partial charge on any atom is 0.166 e. The minimum absolute atomic E-state index is 0.202. The second-order valence-corrected chi connectivity index (χ2v) is 11.0. The molecule has 1 unspecified atom stereocenters. The van der Waals surface area contributed by atoms with Gasteiger partial charge in [0.2, 0.25) is 0 Å². The summed E-state index contributed by atoms with van der Waals surface area (Å²) >= 11 is 0. The Morgan fingerprint density at radius 2 is 1.42 bits per heavy atom. The number of rotatable bonds is 6. The molecule has 0 bridgehead atoms. The van der Waals surface area contributed by atoms with Crippen molar-refractivity contribution in [2.75, 3.05) is 0 Å². The van der Waals surface area contributed by atoms with Crippen LogP contribution in [-0.4, -0.2) is 0 Å². The monoisotopic (exact) mass is 514 g/mol. The quantitative estimate of drug-likeness (QED) is 0.287. The highest BCUT2D eigenvalue weighted by Crippen LogP contribution is 2.42. The number of hydrogen-bond acceptors (Lipinski definition) is 0. The van der Waals surface area contributed by atoms with Crippen LogP contribution in [0.5, 0.6) is 0 Å². The van der Waals surface area contributed by atoms with Crippen LogP contribution < -0.4 is 0 Å². The maximum atomic E-state index is 15.3. The van der Waals surface area contributed by atoms with Crippen LogP contribution in [-0.2, 0) is 6.42 Å². The smallest absolute Gasteiger partial charge is 0.166 e. The Bertz CT molecular complexity index is 1320. The molecule has 5 rings (SSSR count). The van der Waals surface area contributed by atoms with Crippen LogP contribution in [0.1, 0.15) is 69.9 Å². The normalized spacial score (nSPS) is 22.0. The average molecular weight is 515 g/mol. The highest BCUT2D eigenvalue weighted by atomic mass is 19.2. The Morgan fingerprint density at radius 1 is 0.737 bits per heavy atom. The summed E-state index contributed by atoms with van der Waals surface area (Å²) in [5, 5.41) is 0. The van der Waals surface area contributed by atoms with Crippen LogP contribution in [0, 0.1) is 35.2 Å². The molecular formula is C35H37F3. The molecule has 1 saturated carbocycles. The molecule has 0 amide bonds. The van der Waals surface area contributed by atoms with Gasteiger partial charge in [0.1, 0.15) is 5.82 Å². The van der Waals surface area contributed by atoms with Gasteiger partial charge in [0, 0.05) is 11.1 Å². The summed E-state index contributed by atoms with van der Waals surface area (Å²) in [5.74, 6) is 0.475. The molecule has 2 aliphatic carbocycles. The van der Waals surface area contributed by atoms with Crippen molar-refractivity contribution in [1.82, 2.24) is 0 Å². The fourth-order valence-corrected chi connectivity index (χ4v) is 6.49. The molecule has 3 aromatic rings. The molecule has 0 saturated heterocycles. The van der Waals surface area contributed by atoms with Crippen molar-refractivity contribution in [3.05, 3.63) is 101 Å². The minimum Gasteiger partial charge on any atom is -0.206 e. The number of aryl methyl sites for hydroxylation is 1. The number of halogens is 3. The molecule has 3 heteroatoms. The molecular weight excluding hydrogens is 477 g/mol. The first-order valence-corrected chi connectivity index (χ1v) is 14.2. The number of allylic oxidation sites excluding steroid dienone is 4. The van der Waals surface area contributed by atoms with Crippen LogP contribution in [0.3, 0.4) is 0 Å². The van der Waals surface area contributed by atoms with Crippen LogP contribution >= 0.6 is 0 Å². The van der Waals surface area contributed by atoms with E-state index < -0.39 is 11.6 Å². The van der Waals surface area contributed by atoms with Crippen molar-refractivity contribution in [2.24, 2.45) is 17.8 Å². The molecule has 1 fully saturated rings. The predicted octanol–water partition coefficient (Wildman–Crippen LogP) is 10.6. The Kier molecular flexibility index (Phi) is 8.21. The Hall–Kier alpha value is -3.07. The van der Waals surface area contributed by atoms with Gasteiger partial charge in [0.25, 0.3) is 0 Å². The van der Waals surface area contributed by atoms with Gasteiger partial charge >= 0.3 is 0 Å². The van der Waals surface area contributed by atoms with E-state index in [0.717, 1.165) is 53.7 Å². The highest BCUT2D eigenvalue weighted by molar-refractivity contribution is 5.74. The van der Waals surface area contributed by atoms with Gasteiger partial charge < -0.3 is 0 Å². The molecule has 0 N–H and O–H groups in total. The molecule has 198 valence electrons. The minimum atomic E-state index is -0.822. The van der Waals surface area contributed by atoms with Crippen LogP contribution in [0.25, 0.3) is 27.8 Å². The van der Waals surface area contributed by atoms with E-state index in [0.29, 0.717) is 23.1 Å². The third kappa shape index (κ3) is 5.53. The second-order valence-electron chi connectivity index (χ2n) is 11.0. The van der Waals surface area contributed by atoms with E-state index >= 15 is 4.39 Å². The zero-order valence-electron chi connectivity index (χ0n) is 22.5. The lowest BCUT2D eigenvalue weighted by Crippen LogP contribution is -2.22. The predicted molar refractivity (Wildman–Crippen MR) is 152 cm³/mol. The lowest BCUT2D eigenvalue weighted by atomic mass is 9.71. The Balaban J connectivity index is 1.26. The average Bonchev–Trinajstić information content (AvgIpc) is 2.95. The van der Waals surface area contributed by atoms with E-state index in [4.69, 9.17) is 0 Å². The molecule has 0 nitrogen and oxygen atoms in total. The summed E-state index contributed by atoms with van der Waals surface area (Å²) in [4.78, 5) is 0. The maximum absolute atomic E-state index is 15.3. The van der Waals surface area contributed by atoms with Crippen LogP contribution in [0.2, 0.25) is 0 Å². The second kappa shape index (κ2) is 11.8. The topological polar surface area (TPSA) is 0 Å². The van der Waals surface area contributed by atoms with Gasteiger partial charge in [-0.3, -0.25) is 0 Å². The van der Waals surface area contributed by atoms with E-state index in [-0.39, 0.29) is 11.4 Å². The van der Waals surface area contributed by atoms with Gasteiger partial charge in [0.05, 0.1) is 0 Å². The van der Waals surface area contributed by atoms with Gasteiger partial charge in [-0.05, 0) is 110 Å². The first kappa shape index (κ1) is 26.5. The first-order valence-electron chi connectivity index (χ1n) is 14.2. The third-order valence-electron chi connectivity index (χ3n) is 8.79. The molecule has 1 atom stereocenters. The largest absolute Gasteiger partial charge is 0.206 e.